The zero-order valence-electron chi connectivity index (χ0n) is 10.5. The van der Waals surface area contributed by atoms with Crippen LogP contribution in [0, 0.1) is 0 Å². The molecule has 0 aliphatic heterocycles. The Hall–Kier alpha value is -1.87. The van der Waals surface area contributed by atoms with Crippen molar-refractivity contribution in [3.63, 3.8) is 0 Å². The lowest BCUT2D eigenvalue weighted by atomic mass is 10.1. The number of carbonyl (C=O) groups excluding carboxylic acids is 1. The molecular weight excluding hydrogens is 304 g/mol. The Morgan fingerprint density at radius 2 is 1.74 bits per heavy atom. The zero-order chi connectivity index (χ0) is 13.7. The molecule has 0 unspecified atom stereocenters. The van der Waals surface area contributed by atoms with E-state index in [9.17, 15) is 4.79 Å². The Kier molecular flexibility index (Phi) is 4.53. The highest BCUT2D eigenvalue weighted by Gasteiger charge is 2.08. The van der Waals surface area contributed by atoms with E-state index < -0.39 is 0 Å². The quantitative estimate of drug-likeness (QED) is 0.619. The molecule has 0 saturated carbocycles. The highest BCUT2D eigenvalue weighted by atomic mass is 79.9. The molecule has 0 amide bonds. The van der Waals surface area contributed by atoms with Gasteiger partial charge in [-0.1, -0.05) is 58.4 Å². The second-order valence-corrected chi connectivity index (χ2v) is 4.88. The second kappa shape index (κ2) is 6.34. The van der Waals surface area contributed by atoms with Gasteiger partial charge in [0.15, 0.2) is 0 Å². The predicted octanol–water partition coefficient (Wildman–Crippen LogP) is 4.41. The summed E-state index contributed by atoms with van der Waals surface area (Å²) in [6.07, 6.45) is 3.88. The Bertz CT molecular complexity index is 600. The van der Waals surface area contributed by atoms with Crippen LogP contribution in [-0.2, 0) is 4.74 Å². The third-order valence-corrected chi connectivity index (χ3v) is 3.22. The van der Waals surface area contributed by atoms with E-state index >= 15 is 0 Å². The highest BCUT2D eigenvalue weighted by Crippen LogP contribution is 2.16. The molecule has 0 bridgehead atoms. The number of hydrogen-bond acceptors (Lipinski definition) is 2. The molecule has 0 heterocycles. The number of methoxy groups -OCH3 is 1. The Morgan fingerprint density at radius 3 is 2.42 bits per heavy atom. The lowest BCUT2D eigenvalue weighted by Crippen LogP contribution is -2.02. The third-order valence-electron chi connectivity index (χ3n) is 2.69. The van der Waals surface area contributed by atoms with Crippen molar-refractivity contribution in [2.75, 3.05) is 7.11 Å². The number of rotatable bonds is 3. The zero-order valence-corrected chi connectivity index (χ0v) is 12.1. The lowest BCUT2D eigenvalue weighted by molar-refractivity contribution is 0.0600. The summed E-state index contributed by atoms with van der Waals surface area (Å²) in [7, 11) is 1.39. The van der Waals surface area contributed by atoms with Gasteiger partial charge >= 0.3 is 5.97 Å². The van der Waals surface area contributed by atoms with Crippen LogP contribution in [0.5, 0.6) is 0 Å². The van der Waals surface area contributed by atoms with E-state index in [-0.39, 0.29) is 5.97 Å². The summed E-state index contributed by atoms with van der Waals surface area (Å²) in [4.78, 5) is 11.6. The van der Waals surface area contributed by atoms with Gasteiger partial charge < -0.3 is 4.74 Å². The molecule has 0 spiro atoms. The minimum Gasteiger partial charge on any atom is -0.465 e. The van der Waals surface area contributed by atoms with Crippen LogP contribution in [-0.4, -0.2) is 13.1 Å². The minimum atomic E-state index is -0.323. The van der Waals surface area contributed by atoms with Crippen molar-refractivity contribution in [1.82, 2.24) is 0 Å². The van der Waals surface area contributed by atoms with E-state index in [1.807, 2.05) is 54.6 Å². The molecule has 0 aromatic heterocycles. The molecule has 0 aliphatic carbocycles. The summed E-state index contributed by atoms with van der Waals surface area (Å²) in [5.41, 5.74) is 2.48. The summed E-state index contributed by atoms with van der Waals surface area (Å²) in [6.45, 7) is 0. The van der Waals surface area contributed by atoms with Gasteiger partial charge in [0, 0.05) is 4.47 Å². The first-order valence-electron chi connectivity index (χ1n) is 5.81. The first kappa shape index (κ1) is 13.6. The topological polar surface area (TPSA) is 26.3 Å². The number of hydrogen-bond donors (Lipinski definition) is 0. The van der Waals surface area contributed by atoms with Crippen LogP contribution in [0.25, 0.3) is 12.2 Å². The summed E-state index contributed by atoms with van der Waals surface area (Å²) in [5, 5.41) is 0. The molecule has 19 heavy (non-hydrogen) atoms. The molecule has 96 valence electrons. The first-order valence-corrected chi connectivity index (χ1v) is 6.61. The summed E-state index contributed by atoms with van der Waals surface area (Å²) in [6, 6.07) is 15.3. The van der Waals surface area contributed by atoms with Crippen molar-refractivity contribution < 1.29 is 9.53 Å². The Balaban J connectivity index is 2.28. The van der Waals surface area contributed by atoms with Crippen molar-refractivity contribution in [2.24, 2.45) is 0 Å². The van der Waals surface area contributed by atoms with Crippen molar-refractivity contribution in [3.05, 3.63) is 69.7 Å². The molecule has 0 aliphatic rings. The van der Waals surface area contributed by atoms with Crippen LogP contribution >= 0.6 is 15.9 Å². The molecular formula is C16H13BrO2. The van der Waals surface area contributed by atoms with Crippen LogP contribution in [0.4, 0.5) is 0 Å². The van der Waals surface area contributed by atoms with Crippen molar-refractivity contribution in [3.8, 4) is 0 Å². The Morgan fingerprint density at radius 1 is 1.05 bits per heavy atom. The predicted molar refractivity (Wildman–Crippen MR) is 80.9 cm³/mol. The van der Waals surface area contributed by atoms with Gasteiger partial charge in [0.1, 0.15) is 0 Å². The number of halogens is 1. The van der Waals surface area contributed by atoms with Gasteiger partial charge in [0.05, 0.1) is 12.7 Å². The van der Waals surface area contributed by atoms with E-state index in [0.29, 0.717) is 5.56 Å². The van der Waals surface area contributed by atoms with Crippen molar-refractivity contribution in [1.29, 1.82) is 0 Å². The molecule has 0 atom stereocenters. The average Bonchev–Trinajstić information content (AvgIpc) is 2.46. The van der Waals surface area contributed by atoms with E-state index in [1.165, 1.54) is 7.11 Å². The fourth-order valence-corrected chi connectivity index (χ4v) is 1.96. The second-order valence-electron chi connectivity index (χ2n) is 3.96. The van der Waals surface area contributed by atoms with Gasteiger partial charge in [-0.2, -0.15) is 0 Å². The largest absolute Gasteiger partial charge is 0.465 e. The SMILES string of the molecule is COC(=O)c1ccccc1C=Cc1ccc(Br)cc1. The fourth-order valence-electron chi connectivity index (χ4n) is 1.70. The van der Waals surface area contributed by atoms with Gasteiger partial charge in [-0.05, 0) is 29.3 Å². The smallest absolute Gasteiger partial charge is 0.338 e. The average molecular weight is 317 g/mol. The standard InChI is InChI=1S/C16H13BrO2/c1-19-16(18)15-5-3-2-4-13(15)9-6-12-7-10-14(17)11-8-12/h2-11H,1H3. The molecule has 0 N–H and O–H groups in total. The van der Waals surface area contributed by atoms with E-state index in [0.717, 1.165) is 15.6 Å². The molecule has 2 nitrogen and oxygen atoms in total. The minimum absolute atomic E-state index is 0.323. The highest BCUT2D eigenvalue weighted by molar-refractivity contribution is 9.10. The van der Waals surface area contributed by atoms with E-state index in [1.54, 1.807) is 6.07 Å². The molecule has 0 fully saturated rings. The number of esters is 1. The van der Waals surface area contributed by atoms with Gasteiger partial charge in [-0.3, -0.25) is 0 Å². The maximum Gasteiger partial charge on any atom is 0.338 e. The van der Waals surface area contributed by atoms with Gasteiger partial charge in [0.2, 0.25) is 0 Å². The fraction of sp³-hybridized carbons (Fsp3) is 0.0625. The number of carbonyl (C=O) groups is 1. The molecule has 3 heteroatoms. The van der Waals surface area contributed by atoms with Gasteiger partial charge in [-0.25, -0.2) is 4.79 Å². The van der Waals surface area contributed by atoms with Gasteiger partial charge in [0.25, 0.3) is 0 Å². The maximum atomic E-state index is 11.6. The summed E-state index contributed by atoms with van der Waals surface area (Å²) < 4.78 is 5.81. The van der Waals surface area contributed by atoms with Crippen LogP contribution in [0.1, 0.15) is 21.5 Å². The molecule has 2 rings (SSSR count). The monoisotopic (exact) mass is 316 g/mol. The number of benzene rings is 2. The van der Waals surface area contributed by atoms with Crippen LogP contribution in [0.15, 0.2) is 53.0 Å². The molecule has 0 saturated heterocycles. The third kappa shape index (κ3) is 3.55. The van der Waals surface area contributed by atoms with E-state index in [2.05, 4.69) is 15.9 Å². The van der Waals surface area contributed by atoms with Crippen molar-refractivity contribution in [2.45, 2.75) is 0 Å². The van der Waals surface area contributed by atoms with Crippen LogP contribution in [0.2, 0.25) is 0 Å². The van der Waals surface area contributed by atoms with Crippen molar-refractivity contribution >= 4 is 34.1 Å². The Labute approximate surface area is 120 Å². The van der Waals surface area contributed by atoms with Crippen LogP contribution < -0.4 is 0 Å². The molecule has 2 aromatic rings. The van der Waals surface area contributed by atoms with Crippen LogP contribution in [0.3, 0.4) is 0 Å². The van der Waals surface area contributed by atoms with Gasteiger partial charge in [-0.15, -0.1) is 0 Å². The number of ether oxygens (including phenoxy) is 1. The molecule has 2 aromatic carbocycles. The lowest BCUT2D eigenvalue weighted by Gasteiger charge is -2.03. The van der Waals surface area contributed by atoms with E-state index in [4.69, 9.17) is 4.74 Å². The molecule has 0 radical (unpaired) electrons. The normalized spacial score (nSPS) is 10.6. The maximum absolute atomic E-state index is 11.6. The first-order chi connectivity index (χ1) is 9.20. The summed E-state index contributed by atoms with van der Waals surface area (Å²) >= 11 is 3.40. The summed E-state index contributed by atoms with van der Waals surface area (Å²) in [5.74, 6) is -0.323.